The van der Waals surface area contributed by atoms with Crippen LogP contribution in [0, 0.1) is 5.82 Å². The molecule has 1 aliphatic rings. The molecular formula is C28H26F4N6O4. The first-order chi connectivity index (χ1) is 20.0. The van der Waals surface area contributed by atoms with Crippen molar-refractivity contribution in [1.82, 2.24) is 25.0 Å². The molecule has 1 atom stereocenters. The average Bonchev–Trinajstić information content (AvgIpc) is 3.57. The molecule has 1 saturated heterocycles. The zero-order valence-corrected chi connectivity index (χ0v) is 22.3. The van der Waals surface area contributed by atoms with E-state index in [0.717, 1.165) is 5.56 Å². The van der Waals surface area contributed by atoms with Crippen molar-refractivity contribution in [3.63, 3.8) is 0 Å². The van der Waals surface area contributed by atoms with Crippen LogP contribution in [0.5, 0.6) is 5.75 Å². The fraction of sp³-hybridized carbons (Fsp3) is 0.286. The molecule has 0 bridgehead atoms. The van der Waals surface area contributed by atoms with Crippen molar-refractivity contribution >= 4 is 28.9 Å². The predicted molar refractivity (Wildman–Crippen MR) is 145 cm³/mol. The Morgan fingerprint density at radius 1 is 1.14 bits per heavy atom. The SMILES string of the molecule is COc1ccc(Cn2nc(NC3CCN(C(=O)O)C3)c3c(-c4ccc(CNC(=O)C(F)(F)F)c(F)c4)ccnc32)cc1. The monoisotopic (exact) mass is 586 g/mol. The highest BCUT2D eigenvalue weighted by Gasteiger charge is 2.38. The van der Waals surface area contributed by atoms with Crippen LogP contribution in [0.1, 0.15) is 17.5 Å². The quantitative estimate of drug-likeness (QED) is 0.257. The van der Waals surface area contributed by atoms with E-state index in [0.29, 0.717) is 53.2 Å². The van der Waals surface area contributed by atoms with E-state index in [9.17, 15) is 27.9 Å². The normalized spacial score (nSPS) is 15.2. The maximum absolute atomic E-state index is 15.0. The number of halogens is 4. The minimum absolute atomic E-state index is 0.116. The fourth-order valence-electron chi connectivity index (χ4n) is 4.83. The average molecular weight is 587 g/mol. The number of fused-ring (bicyclic) bond motifs is 1. The molecule has 2 aromatic heterocycles. The Kier molecular flexibility index (Phi) is 7.87. The lowest BCUT2D eigenvalue weighted by atomic mass is 10.0. The van der Waals surface area contributed by atoms with Gasteiger partial charge in [-0.3, -0.25) is 4.79 Å². The number of anilines is 1. The van der Waals surface area contributed by atoms with Crippen LogP contribution in [0.15, 0.2) is 54.7 Å². The Morgan fingerprint density at radius 3 is 2.55 bits per heavy atom. The third-order valence-electron chi connectivity index (χ3n) is 6.98. The standard InChI is InChI=1S/C28H26F4N6O4/c1-42-20-6-2-16(3-7-20)14-38-25-23(24(36-38)35-19-9-11-37(15-19)27(40)41)21(8-10-33-25)17-4-5-18(22(29)12-17)13-34-26(39)28(30,31)32/h2-8,10,12,19H,9,11,13-15H2,1H3,(H,34,39)(H,35,36)(H,40,41). The highest BCUT2D eigenvalue weighted by molar-refractivity contribution is 6.01. The van der Waals surface area contributed by atoms with Crippen molar-refractivity contribution in [3.8, 4) is 16.9 Å². The molecule has 1 fully saturated rings. The van der Waals surface area contributed by atoms with Crippen LogP contribution in [0.2, 0.25) is 0 Å². The molecule has 220 valence electrons. The molecule has 3 N–H and O–H groups in total. The van der Waals surface area contributed by atoms with Gasteiger partial charge in [-0.1, -0.05) is 24.3 Å². The Morgan fingerprint density at radius 2 is 1.90 bits per heavy atom. The number of methoxy groups -OCH3 is 1. The summed E-state index contributed by atoms with van der Waals surface area (Å²) in [6, 6.07) is 12.9. The van der Waals surface area contributed by atoms with Gasteiger partial charge in [-0.25, -0.2) is 18.9 Å². The molecule has 1 unspecified atom stereocenters. The van der Waals surface area contributed by atoms with Gasteiger partial charge in [0.15, 0.2) is 11.5 Å². The molecule has 3 heterocycles. The number of benzene rings is 2. The van der Waals surface area contributed by atoms with Gasteiger partial charge in [0.25, 0.3) is 0 Å². The van der Waals surface area contributed by atoms with Gasteiger partial charge < -0.3 is 25.4 Å². The number of rotatable bonds is 8. The number of likely N-dealkylation sites (tertiary alicyclic amines) is 1. The number of alkyl halides is 3. The third-order valence-corrected chi connectivity index (χ3v) is 6.98. The Balaban J connectivity index is 1.51. The summed E-state index contributed by atoms with van der Waals surface area (Å²) in [5, 5.41) is 19.7. The number of carbonyl (C=O) groups excluding carboxylic acids is 1. The van der Waals surface area contributed by atoms with Crippen LogP contribution in [0.25, 0.3) is 22.2 Å². The molecular weight excluding hydrogens is 560 g/mol. The molecule has 10 nitrogen and oxygen atoms in total. The van der Waals surface area contributed by atoms with E-state index < -0.39 is 30.5 Å². The van der Waals surface area contributed by atoms with Crippen molar-refractivity contribution in [2.45, 2.75) is 31.7 Å². The van der Waals surface area contributed by atoms with Crippen molar-refractivity contribution in [1.29, 1.82) is 0 Å². The van der Waals surface area contributed by atoms with Crippen LogP contribution in [-0.4, -0.2) is 69.2 Å². The third kappa shape index (κ3) is 6.06. The minimum Gasteiger partial charge on any atom is -0.497 e. The van der Waals surface area contributed by atoms with E-state index in [-0.39, 0.29) is 18.2 Å². The number of nitrogens with zero attached hydrogens (tertiary/aromatic N) is 4. The Labute approximate surface area is 236 Å². The van der Waals surface area contributed by atoms with Crippen LogP contribution in [0.4, 0.5) is 28.2 Å². The Hall–Kier alpha value is -4.88. The van der Waals surface area contributed by atoms with E-state index >= 15 is 4.39 Å². The van der Waals surface area contributed by atoms with Gasteiger partial charge in [0.1, 0.15) is 11.6 Å². The molecule has 42 heavy (non-hydrogen) atoms. The second kappa shape index (κ2) is 11.5. The fourth-order valence-corrected chi connectivity index (χ4v) is 4.83. The molecule has 14 heteroatoms. The zero-order valence-electron chi connectivity index (χ0n) is 22.3. The maximum Gasteiger partial charge on any atom is 0.471 e. The van der Waals surface area contributed by atoms with Gasteiger partial charge in [0, 0.05) is 37.4 Å². The van der Waals surface area contributed by atoms with Crippen LogP contribution >= 0.6 is 0 Å². The summed E-state index contributed by atoms with van der Waals surface area (Å²) < 4.78 is 59.6. The number of amides is 2. The van der Waals surface area contributed by atoms with E-state index in [1.165, 1.54) is 17.0 Å². The summed E-state index contributed by atoms with van der Waals surface area (Å²) in [5.41, 5.74) is 2.25. The van der Waals surface area contributed by atoms with Gasteiger partial charge in [-0.05, 0) is 47.4 Å². The van der Waals surface area contributed by atoms with Crippen LogP contribution in [0.3, 0.4) is 0 Å². The lowest BCUT2D eigenvalue weighted by molar-refractivity contribution is -0.173. The first-order valence-electron chi connectivity index (χ1n) is 12.9. The molecule has 0 radical (unpaired) electrons. The van der Waals surface area contributed by atoms with E-state index in [1.807, 2.05) is 24.3 Å². The molecule has 5 rings (SSSR count). The highest BCUT2D eigenvalue weighted by Crippen LogP contribution is 2.35. The summed E-state index contributed by atoms with van der Waals surface area (Å²) >= 11 is 0. The summed E-state index contributed by atoms with van der Waals surface area (Å²) in [5.74, 6) is -1.83. The zero-order chi connectivity index (χ0) is 30.0. The van der Waals surface area contributed by atoms with E-state index in [4.69, 9.17) is 9.84 Å². The smallest absolute Gasteiger partial charge is 0.471 e. The summed E-state index contributed by atoms with van der Waals surface area (Å²) in [7, 11) is 1.57. The van der Waals surface area contributed by atoms with E-state index in [1.54, 1.807) is 35.4 Å². The minimum atomic E-state index is -5.07. The number of aromatic nitrogens is 3. The second-order valence-electron chi connectivity index (χ2n) is 9.76. The van der Waals surface area contributed by atoms with Crippen molar-refractivity contribution in [3.05, 3.63) is 71.7 Å². The summed E-state index contributed by atoms with van der Waals surface area (Å²) in [4.78, 5) is 28.4. The van der Waals surface area contributed by atoms with E-state index in [2.05, 4.69) is 10.3 Å². The lowest BCUT2D eigenvalue weighted by Gasteiger charge is -2.14. The van der Waals surface area contributed by atoms with Crippen molar-refractivity contribution in [2.75, 3.05) is 25.5 Å². The van der Waals surface area contributed by atoms with Gasteiger partial charge in [0.2, 0.25) is 0 Å². The van der Waals surface area contributed by atoms with Gasteiger partial charge >= 0.3 is 18.2 Å². The number of carbonyl (C=O) groups is 2. The molecule has 4 aromatic rings. The van der Waals surface area contributed by atoms with Crippen molar-refractivity contribution in [2.24, 2.45) is 0 Å². The summed E-state index contributed by atoms with van der Waals surface area (Å²) in [6.07, 6.45) is -3.99. The largest absolute Gasteiger partial charge is 0.497 e. The molecule has 0 saturated carbocycles. The number of hydrogen-bond donors (Lipinski definition) is 3. The first kappa shape index (κ1) is 28.6. The molecule has 0 aliphatic carbocycles. The van der Waals surface area contributed by atoms with Crippen LogP contribution in [-0.2, 0) is 17.9 Å². The summed E-state index contributed by atoms with van der Waals surface area (Å²) in [6.45, 7) is 0.326. The second-order valence-corrected chi connectivity index (χ2v) is 9.76. The number of pyridine rings is 1. The van der Waals surface area contributed by atoms with Gasteiger partial charge in [-0.2, -0.15) is 18.3 Å². The van der Waals surface area contributed by atoms with Gasteiger partial charge in [-0.15, -0.1) is 0 Å². The topological polar surface area (TPSA) is 122 Å². The Bertz CT molecular complexity index is 1620. The van der Waals surface area contributed by atoms with Gasteiger partial charge in [0.05, 0.1) is 19.0 Å². The number of carboxylic acid groups (broad SMARTS) is 1. The lowest BCUT2D eigenvalue weighted by Crippen LogP contribution is -2.36. The molecule has 2 aromatic carbocycles. The molecule has 0 spiro atoms. The molecule has 2 amide bonds. The maximum atomic E-state index is 15.0. The molecule has 1 aliphatic heterocycles. The van der Waals surface area contributed by atoms with Crippen LogP contribution < -0.4 is 15.4 Å². The number of nitrogens with one attached hydrogen (secondary N) is 2. The number of ether oxygens (including phenoxy) is 1. The number of hydrogen-bond acceptors (Lipinski definition) is 6. The van der Waals surface area contributed by atoms with Crippen molar-refractivity contribution < 1.29 is 37.0 Å². The first-order valence-corrected chi connectivity index (χ1v) is 12.9. The highest BCUT2D eigenvalue weighted by atomic mass is 19.4. The predicted octanol–water partition coefficient (Wildman–Crippen LogP) is 4.64.